The first-order valence-electron chi connectivity index (χ1n) is 5.58. The van der Waals surface area contributed by atoms with E-state index in [0.29, 0.717) is 6.42 Å². The molecule has 1 amide bonds. The normalized spacial score (nSPS) is 21.1. The molecular formula is C11H19NO2S. The van der Waals surface area contributed by atoms with E-state index in [1.807, 2.05) is 4.90 Å². The van der Waals surface area contributed by atoms with Gasteiger partial charge >= 0.3 is 0 Å². The van der Waals surface area contributed by atoms with Crippen molar-refractivity contribution in [1.82, 2.24) is 4.90 Å². The van der Waals surface area contributed by atoms with Crippen molar-refractivity contribution in [3.8, 4) is 0 Å². The average molecular weight is 229 g/mol. The number of amides is 1. The average Bonchev–Trinajstić information content (AvgIpc) is 2.46. The summed E-state index contributed by atoms with van der Waals surface area (Å²) in [6.07, 6.45) is 3.97. The maximum Gasteiger partial charge on any atom is 0.223 e. The summed E-state index contributed by atoms with van der Waals surface area (Å²) < 4.78 is 0. The van der Waals surface area contributed by atoms with Crippen LogP contribution in [-0.4, -0.2) is 34.3 Å². The molecule has 4 heteroatoms. The van der Waals surface area contributed by atoms with Gasteiger partial charge in [0.05, 0.1) is 0 Å². The Balaban J connectivity index is 2.29. The first-order valence-corrected chi connectivity index (χ1v) is 6.46. The molecule has 0 spiro atoms. The van der Waals surface area contributed by atoms with E-state index < -0.39 is 0 Å². The number of unbranched alkanes of at least 4 members (excludes halogenated alkanes) is 2. The molecule has 15 heavy (non-hydrogen) atoms. The minimum Gasteiger partial charge on any atom is -0.342 e. The highest BCUT2D eigenvalue weighted by Crippen LogP contribution is 2.24. The number of rotatable bonds is 5. The number of hydrogen-bond acceptors (Lipinski definition) is 3. The predicted octanol–water partition coefficient (Wildman–Crippen LogP) is 2.06. The van der Waals surface area contributed by atoms with E-state index in [1.165, 1.54) is 24.6 Å². The molecule has 0 saturated carbocycles. The SMILES string of the molecule is CCCCCN1CC(SC(C)=O)CC1=O. The largest absolute Gasteiger partial charge is 0.342 e. The highest BCUT2D eigenvalue weighted by Gasteiger charge is 2.30. The number of nitrogens with zero attached hydrogens (tertiary/aromatic N) is 1. The lowest BCUT2D eigenvalue weighted by Crippen LogP contribution is -2.26. The second-order valence-electron chi connectivity index (χ2n) is 3.98. The van der Waals surface area contributed by atoms with Crippen LogP contribution < -0.4 is 0 Å². The molecule has 3 nitrogen and oxygen atoms in total. The van der Waals surface area contributed by atoms with Gasteiger partial charge in [-0.2, -0.15) is 0 Å². The standard InChI is InChI=1S/C11H19NO2S/c1-3-4-5-6-12-8-10(7-11(12)14)15-9(2)13/h10H,3-8H2,1-2H3. The van der Waals surface area contributed by atoms with Crippen LogP contribution in [0.1, 0.15) is 39.5 Å². The number of hydrogen-bond donors (Lipinski definition) is 0. The van der Waals surface area contributed by atoms with Crippen LogP contribution in [-0.2, 0) is 9.59 Å². The van der Waals surface area contributed by atoms with Crippen molar-refractivity contribution in [2.45, 2.75) is 44.8 Å². The lowest BCUT2D eigenvalue weighted by Gasteiger charge is -2.15. The third-order valence-electron chi connectivity index (χ3n) is 2.54. The van der Waals surface area contributed by atoms with Crippen molar-refractivity contribution in [2.24, 2.45) is 0 Å². The third-order valence-corrected chi connectivity index (χ3v) is 3.52. The number of thioether (sulfide) groups is 1. The molecule has 0 aromatic carbocycles. The van der Waals surface area contributed by atoms with E-state index in [4.69, 9.17) is 0 Å². The lowest BCUT2D eigenvalue weighted by atomic mass is 10.2. The van der Waals surface area contributed by atoms with Crippen molar-refractivity contribution in [1.29, 1.82) is 0 Å². The maximum atomic E-state index is 11.6. The van der Waals surface area contributed by atoms with E-state index in [-0.39, 0.29) is 16.3 Å². The van der Waals surface area contributed by atoms with Gasteiger partial charge < -0.3 is 4.90 Å². The third kappa shape index (κ3) is 4.24. The van der Waals surface area contributed by atoms with Crippen LogP contribution in [0.5, 0.6) is 0 Å². The van der Waals surface area contributed by atoms with E-state index in [1.54, 1.807) is 6.92 Å². The molecule has 1 fully saturated rings. The highest BCUT2D eigenvalue weighted by molar-refractivity contribution is 8.14. The zero-order chi connectivity index (χ0) is 11.3. The zero-order valence-corrected chi connectivity index (χ0v) is 10.3. The Hall–Kier alpha value is -0.510. The van der Waals surface area contributed by atoms with Crippen molar-refractivity contribution >= 4 is 22.8 Å². The number of carbonyl (C=O) groups is 2. The van der Waals surface area contributed by atoms with Crippen molar-refractivity contribution in [3.63, 3.8) is 0 Å². The molecule has 1 rings (SSSR count). The van der Waals surface area contributed by atoms with Crippen LogP contribution in [0.3, 0.4) is 0 Å². The van der Waals surface area contributed by atoms with E-state index in [9.17, 15) is 9.59 Å². The second-order valence-corrected chi connectivity index (χ2v) is 5.46. The van der Waals surface area contributed by atoms with Gasteiger partial charge in [-0.05, 0) is 6.42 Å². The van der Waals surface area contributed by atoms with Crippen LogP contribution in [0, 0.1) is 0 Å². The van der Waals surface area contributed by atoms with E-state index >= 15 is 0 Å². The quantitative estimate of drug-likeness (QED) is 0.677. The predicted molar refractivity (Wildman–Crippen MR) is 62.8 cm³/mol. The Labute approximate surface area is 95.6 Å². The first-order chi connectivity index (χ1) is 7.13. The summed E-state index contributed by atoms with van der Waals surface area (Å²) in [6.45, 7) is 5.34. The van der Waals surface area contributed by atoms with Gasteiger partial charge in [0.25, 0.3) is 0 Å². The van der Waals surface area contributed by atoms with Gasteiger partial charge in [-0.3, -0.25) is 9.59 Å². The fourth-order valence-electron chi connectivity index (χ4n) is 1.82. The van der Waals surface area contributed by atoms with Gasteiger partial charge in [0.2, 0.25) is 5.91 Å². The Morgan fingerprint density at radius 3 is 2.87 bits per heavy atom. The van der Waals surface area contributed by atoms with E-state index in [2.05, 4.69) is 6.92 Å². The molecule has 0 aromatic heterocycles. The molecule has 1 saturated heterocycles. The van der Waals surface area contributed by atoms with Crippen LogP contribution in [0.2, 0.25) is 0 Å². The Kier molecular flexibility index (Phi) is 5.15. The topological polar surface area (TPSA) is 37.4 Å². The molecule has 1 unspecified atom stereocenters. The molecule has 86 valence electrons. The molecular weight excluding hydrogens is 210 g/mol. The molecule has 0 N–H and O–H groups in total. The molecule has 1 atom stereocenters. The van der Waals surface area contributed by atoms with Gasteiger partial charge in [0.15, 0.2) is 5.12 Å². The minimum atomic E-state index is 0.114. The fraction of sp³-hybridized carbons (Fsp3) is 0.818. The van der Waals surface area contributed by atoms with Crippen molar-refractivity contribution in [2.75, 3.05) is 13.1 Å². The summed E-state index contributed by atoms with van der Waals surface area (Å²) >= 11 is 1.31. The number of likely N-dealkylation sites (tertiary alicyclic amines) is 1. The monoisotopic (exact) mass is 229 g/mol. The molecule has 1 aliphatic rings. The highest BCUT2D eigenvalue weighted by atomic mass is 32.2. The van der Waals surface area contributed by atoms with Gasteiger partial charge in [0.1, 0.15) is 0 Å². The molecule has 0 radical (unpaired) electrons. The van der Waals surface area contributed by atoms with Gasteiger partial charge in [-0.25, -0.2) is 0 Å². The van der Waals surface area contributed by atoms with Gasteiger partial charge in [-0.1, -0.05) is 31.5 Å². The summed E-state index contributed by atoms with van der Waals surface area (Å²) in [5.41, 5.74) is 0. The summed E-state index contributed by atoms with van der Waals surface area (Å²) in [7, 11) is 0. The van der Waals surface area contributed by atoms with Crippen molar-refractivity contribution in [3.05, 3.63) is 0 Å². The van der Waals surface area contributed by atoms with E-state index in [0.717, 1.165) is 19.5 Å². The van der Waals surface area contributed by atoms with Gasteiger partial charge in [0, 0.05) is 31.7 Å². The Morgan fingerprint density at radius 1 is 1.53 bits per heavy atom. The summed E-state index contributed by atoms with van der Waals surface area (Å²) in [5, 5.41) is 0.305. The second kappa shape index (κ2) is 6.16. The summed E-state index contributed by atoms with van der Waals surface area (Å²) in [6, 6.07) is 0. The molecule has 1 heterocycles. The number of carbonyl (C=O) groups excluding carboxylic acids is 2. The van der Waals surface area contributed by atoms with Crippen LogP contribution in [0.4, 0.5) is 0 Å². The Bertz CT molecular complexity index is 243. The lowest BCUT2D eigenvalue weighted by molar-refractivity contribution is -0.127. The maximum absolute atomic E-state index is 11.6. The minimum absolute atomic E-state index is 0.114. The van der Waals surface area contributed by atoms with Crippen LogP contribution in [0.25, 0.3) is 0 Å². The smallest absolute Gasteiger partial charge is 0.223 e. The van der Waals surface area contributed by atoms with Gasteiger partial charge in [-0.15, -0.1) is 0 Å². The Morgan fingerprint density at radius 2 is 2.27 bits per heavy atom. The van der Waals surface area contributed by atoms with Crippen LogP contribution >= 0.6 is 11.8 Å². The fourth-order valence-corrected chi connectivity index (χ4v) is 2.77. The molecule has 1 aliphatic heterocycles. The molecule has 0 aliphatic carbocycles. The summed E-state index contributed by atoms with van der Waals surface area (Å²) in [5.74, 6) is 0.213. The molecule has 0 bridgehead atoms. The van der Waals surface area contributed by atoms with Crippen molar-refractivity contribution < 1.29 is 9.59 Å². The van der Waals surface area contributed by atoms with Crippen LogP contribution in [0.15, 0.2) is 0 Å². The molecule has 0 aromatic rings. The zero-order valence-electron chi connectivity index (χ0n) is 9.49. The first kappa shape index (κ1) is 12.6. The summed E-state index contributed by atoms with van der Waals surface area (Å²) in [4.78, 5) is 24.4.